The zero-order chi connectivity index (χ0) is 14.8. The normalized spacial score (nSPS) is 21.2. The lowest BCUT2D eigenvalue weighted by molar-refractivity contribution is -0.132. The molecule has 2 rings (SSSR count). The molecule has 1 nitrogen and oxygen atoms in total. The highest BCUT2D eigenvalue weighted by Gasteiger charge is 2.43. The molecule has 0 fully saturated rings. The van der Waals surface area contributed by atoms with Gasteiger partial charge in [-0.05, 0) is 79.1 Å². The fourth-order valence-electron chi connectivity index (χ4n) is 3.88. The van der Waals surface area contributed by atoms with Crippen LogP contribution in [0.3, 0.4) is 0 Å². The molecule has 1 heteroatoms. The molecule has 0 radical (unpaired) electrons. The third-order valence-electron chi connectivity index (χ3n) is 5.32. The molecule has 0 aromatic heterocycles. The summed E-state index contributed by atoms with van der Waals surface area (Å²) in [6.45, 7) is 8.55. The number of allylic oxidation sites excluding steroid dienone is 4. The summed E-state index contributed by atoms with van der Waals surface area (Å²) in [4.78, 5) is 13.2. The van der Waals surface area contributed by atoms with Crippen LogP contribution in [0.25, 0.3) is 0 Å². The van der Waals surface area contributed by atoms with Crippen LogP contribution in [0.15, 0.2) is 23.3 Å². The van der Waals surface area contributed by atoms with E-state index in [0.29, 0.717) is 5.78 Å². The lowest BCUT2D eigenvalue weighted by Crippen LogP contribution is -2.40. The summed E-state index contributed by atoms with van der Waals surface area (Å²) in [7, 11) is 0. The topological polar surface area (TPSA) is 17.1 Å². The van der Waals surface area contributed by atoms with Gasteiger partial charge in [-0.15, -0.1) is 0 Å². The van der Waals surface area contributed by atoms with Crippen molar-refractivity contribution in [3.63, 3.8) is 0 Å². The van der Waals surface area contributed by atoms with Crippen LogP contribution in [-0.4, -0.2) is 5.78 Å². The third-order valence-corrected chi connectivity index (χ3v) is 5.32. The molecule has 0 aliphatic heterocycles. The zero-order valence-corrected chi connectivity index (χ0v) is 13.7. The summed E-state index contributed by atoms with van der Waals surface area (Å²) in [6.07, 6.45) is 14.2. The largest absolute Gasteiger partial charge is 0.298 e. The molecule has 20 heavy (non-hydrogen) atoms. The van der Waals surface area contributed by atoms with Crippen molar-refractivity contribution >= 4 is 5.78 Å². The quantitative estimate of drug-likeness (QED) is 0.609. The van der Waals surface area contributed by atoms with Gasteiger partial charge in [0.1, 0.15) is 0 Å². The molecule has 0 amide bonds. The summed E-state index contributed by atoms with van der Waals surface area (Å²) in [5.41, 5.74) is 2.14. The number of hydrogen-bond acceptors (Lipinski definition) is 1. The molecule has 0 saturated heterocycles. The Balaban J connectivity index is 2.24. The molecule has 112 valence electrons. The van der Waals surface area contributed by atoms with Gasteiger partial charge in [0, 0.05) is 10.8 Å². The van der Waals surface area contributed by atoms with Gasteiger partial charge in [-0.2, -0.15) is 0 Å². The van der Waals surface area contributed by atoms with Crippen molar-refractivity contribution in [1.82, 2.24) is 0 Å². The molecule has 0 heterocycles. The van der Waals surface area contributed by atoms with E-state index < -0.39 is 0 Å². The average molecular weight is 274 g/mol. The fraction of sp³-hybridized carbons (Fsp3) is 0.737. The number of ketones is 1. The third kappa shape index (κ3) is 2.92. The standard InChI is InChI=1S/C19H30O/c1-18(2,15-11-7-5-8-12-15)17(20)19(3,4)16-13-9-6-10-14-16/h11,13H,5-10,12,14H2,1-4H3. The van der Waals surface area contributed by atoms with Crippen molar-refractivity contribution in [2.45, 2.75) is 79.1 Å². The van der Waals surface area contributed by atoms with E-state index in [9.17, 15) is 4.79 Å². The Bertz CT molecular complexity index is 395. The molecule has 2 aliphatic carbocycles. The van der Waals surface area contributed by atoms with E-state index >= 15 is 0 Å². The van der Waals surface area contributed by atoms with Crippen molar-refractivity contribution < 1.29 is 4.79 Å². The molecule has 0 spiro atoms. The first kappa shape index (κ1) is 15.5. The lowest BCUT2D eigenvalue weighted by Gasteiger charge is -2.38. The van der Waals surface area contributed by atoms with Gasteiger partial charge in [0.15, 0.2) is 5.78 Å². The molecule has 0 unspecified atom stereocenters. The first-order chi connectivity index (χ1) is 9.37. The van der Waals surface area contributed by atoms with Crippen LogP contribution in [-0.2, 0) is 4.79 Å². The second-order valence-electron chi connectivity index (χ2n) is 7.53. The van der Waals surface area contributed by atoms with Gasteiger partial charge in [0.05, 0.1) is 0 Å². The van der Waals surface area contributed by atoms with E-state index in [0.717, 1.165) is 25.7 Å². The summed E-state index contributed by atoms with van der Waals surface area (Å²) in [5, 5.41) is 0. The number of Topliss-reactive ketones (excluding diaryl/α,β-unsaturated/α-hetero) is 1. The maximum Gasteiger partial charge on any atom is 0.152 e. The maximum atomic E-state index is 13.2. The van der Waals surface area contributed by atoms with Gasteiger partial charge in [0.2, 0.25) is 0 Å². The molecule has 0 aromatic rings. The molecule has 0 atom stereocenters. The van der Waals surface area contributed by atoms with Gasteiger partial charge in [0.25, 0.3) is 0 Å². The van der Waals surface area contributed by atoms with Gasteiger partial charge in [-0.1, -0.05) is 23.3 Å². The Kier molecular flexibility index (Phi) is 4.56. The van der Waals surface area contributed by atoms with Crippen molar-refractivity contribution in [2.24, 2.45) is 10.8 Å². The van der Waals surface area contributed by atoms with E-state index in [4.69, 9.17) is 0 Å². The fourth-order valence-corrected chi connectivity index (χ4v) is 3.88. The smallest absolute Gasteiger partial charge is 0.152 e. The van der Waals surface area contributed by atoms with Crippen LogP contribution in [0.4, 0.5) is 0 Å². The molecular formula is C19H30O. The predicted molar refractivity (Wildman–Crippen MR) is 85.7 cm³/mol. The second-order valence-corrected chi connectivity index (χ2v) is 7.53. The highest BCUT2D eigenvalue weighted by molar-refractivity contribution is 5.94. The molecule has 0 N–H and O–H groups in total. The minimum atomic E-state index is -0.303. The van der Waals surface area contributed by atoms with Crippen molar-refractivity contribution in [3.05, 3.63) is 23.3 Å². The van der Waals surface area contributed by atoms with E-state index in [-0.39, 0.29) is 10.8 Å². The van der Waals surface area contributed by atoms with E-state index in [2.05, 4.69) is 39.8 Å². The van der Waals surface area contributed by atoms with Gasteiger partial charge in [-0.3, -0.25) is 4.79 Å². The van der Waals surface area contributed by atoms with E-state index in [1.165, 1.54) is 36.8 Å². The maximum absolute atomic E-state index is 13.2. The van der Waals surface area contributed by atoms with Gasteiger partial charge < -0.3 is 0 Å². The zero-order valence-electron chi connectivity index (χ0n) is 13.7. The Morgan fingerprint density at radius 3 is 1.50 bits per heavy atom. The van der Waals surface area contributed by atoms with Crippen LogP contribution in [0.5, 0.6) is 0 Å². The lowest BCUT2D eigenvalue weighted by atomic mass is 9.64. The number of carbonyl (C=O) groups excluding carboxylic acids is 1. The second kappa shape index (κ2) is 5.87. The van der Waals surface area contributed by atoms with Gasteiger partial charge in [-0.25, -0.2) is 0 Å². The van der Waals surface area contributed by atoms with Crippen LogP contribution in [0, 0.1) is 10.8 Å². The predicted octanol–water partition coefficient (Wildman–Crippen LogP) is 5.61. The molecule has 2 aliphatic rings. The van der Waals surface area contributed by atoms with Crippen molar-refractivity contribution in [2.75, 3.05) is 0 Å². The number of rotatable bonds is 4. The van der Waals surface area contributed by atoms with Crippen LogP contribution < -0.4 is 0 Å². The van der Waals surface area contributed by atoms with Crippen LogP contribution >= 0.6 is 0 Å². The van der Waals surface area contributed by atoms with E-state index in [1.807, 2.05) is 0 Å². The summed E-state index contributed by atoms with van der Waals surface area (Å²) < 4.78 is 0. The molecule has 0 saturated carbocycles. The van der Waals surface area contributed by atoms with Gasteiger partial charge >= 0.3 is 0 Å². The Hall–Kier alpha value is -0.850. The molecular weight excluding hydrogens is 244 g/mol. The highest BCUT2D eigenvalue weighted by Crippen LogP contribution is 2.44. The summed E-state index contributed by atoms with van der Waals surface area (Å²) in [5.74, 6) is 0.409. The first-order valence-corrected chi connectivity index (χ1v) is 8.31. The number of carbonyl (C=O) groups is 1. The van der Waals surface area contributed by atoms with E-state index in [1.54, 1.807) is 0 Å². The Morgan fingerprint density at radius 2 is 1.20 bits per heavy atom. The Labute approximate surface area is 124 Å². The minimum absolute atomic E-state index is 0.303. The molecule has 0 bridgehead atoms. The van der Waals surface area contributed by atoms with Crippen LogP contribution in [0.2, 0.25) is 0 Å². The average Bonchev–Trinajstić information content (AvgIpc) is 2.48. The molecule has 0 aromatic carbocycles. The summed E-state index contributed by atoms with van der Waals surface area (Å²) >= 11 is 0. The highest BCUT2D eigenvalue weighted by atomic mass is 16.1. The minimum Gasteiger partial charge on any atom is -0.298 e. The first-order valence-electron chi connectivity index (χ1n) is 8.31. The summed E-state index contributed by atoms with van der Waals surface area (Å²) in [6, 6.07) is 0. The van der Waals surface area contributed by atoms with Crippen LogP contribution in [0.1, 0.15) is 79.1 Å². The Morgan fingerprint density at radius 1 is 0.800 bits per heavy atom. The number of hydrogen-bond donors (Lipinski definition) is 0. The van der Waals surface area contributed by atoms with Crippen molar-refractivity contribution in [3.8, 4) is 0 Å². The SMILES string of the molecule is CC(C)(C(=O)C(C)(C)C1=CCCCC1)C1=CCCCC1. The monoisotopic (exact) mass is 274 g/mol. The van der Waals surface area contributed by atoms with Crippen molar-refractivity contribution in [1.29, 1.82) is 0 Å².